The Bertz CT molecular complexity index is 723. The third kappa shape index (κ3) is 4.77. The molecule has 2 amide bonds. The summed E-state index contributed by atoms with van der Waals surface area (Å²) in [6, 6.07) is 7.20. The first-order valence-corrected chi connectivity index (χ1v) is 7.78. The Balaban J connectivity index is 1.88. The molecule has 0 aliphatic carbocycles. The van der Waals surface area contributed by atoms with E-state index in [2.05, 4.69) is 27.4 Å². The van der Waals surface area contributed by atoms with E-state index in [9.17, 15) is 9.59 Å². The van der Waals surface area contributed by atoms with Gasteiger partial charge >= 0.3 is 0 Å². The van der Waals surface area contributed by atoms with E-state index in [1.807, 2.05) is 23.6 Å². The predicted octanol–water partition coefficient (Wildman–Crippen LogP) is 1.32. The third-order valence-electron chi connectivity index (χ3n) is 3.52. The fourth-order valence-corrected chi connectivity index (χ4v) is 2.27. The smallest absolute Gasteiger partial charge is 0.247 e. The van der Waals surface area contributed by atoms with Gasteiger partial charge < -0.3 is 15.2 Å². The average molecular weight is 327 g/mol. The summed E-state index contributed by atoms with van der Waals surface area (Å²) < 4.78 is 1.94. The lowest BCUT2D eigenvalue weighted by Crippen LogP contribution is -2.28. The van der Waals surface area contributed by atoms with E-state index < -0.39 is 0 Å². The van der Waals surface area contributed by atoms with Crippen LogP contribution in [0.25, 0.3) is 0 Å². The molecule has 0 saturated heterocycles. The average Bonchev–Trinajstić information content (AvgIpc) is 3.04. The first-order valence-electron chi connectivity index (χ1n) is 7.78. The number of nitrogens with one attached hydrogen (secondary N) is 2. The molecule has 7 nitrogen and oxygen atoms in total. The van der Waals surface area contributed by atoms with Crippen molar-refractivity contribution in [3.8, 4) is 0 Å². The standard InChI is InChI=1S/C17H21N5O2/c1-3-16(23)20-14-8-6-5-7-13(14)11-17(24)18-10-9-15-21-19-12-22(15)4-2/h3,5-8,12H,1,4,9-11H2,2H3,(H,18,24)(H,20,23). The lowest BCUT2D eigenvalue weighted by molar-refractivity contribution is -0.120. The lowest BCUT2D eigenvalue weighted by Gasteiger charge is -2.10. The van der Waals surface area contributed by atoms with Crippen molar-refractivity contribution < 1.29 is 9.59 Å². The summed E-state index contributed by atoms with van der Waals surface area (Å²) >= 11 is 0. The Morgan fingerprint density at radius 3 is 2.88 bits per heavy atom. The zero-order chi connectivity index (χ0) is 17.4. The van der Waals surface area contributed by atoms with E-state index in [-0.39, 0.29) is 18.2 Å². The molecule has 7 heteroatoms. The molecular formula is C17H21N5O2. The van der Waals surface area contributed by atoms with Crippen LogP contribution in [0.3, 0.4) is 0 Å². The highest BCUT2D eigenvalue weighted by Gasteiger charge is 2.09. The van der Waals surface area contributed by atoms with E-state index in [4.69, 9.17) is 0 Å². The van der Waals surface area contributed by atoms with Crippen LogP contribution in [-0.2, 0) is 29.0 Å². The molecule has 0 unspecified atom stereocenters. The summed E-state index contributed by atoms with van der Waals surface area (Å²) in [4.78, 5) is 23.6. The van der Waals surface area contributed by atoms with Gasteiger partial charge in [-0.15, -0.1) is 10.2 Å². The van der Waals surface area contributed by atoms with Crippen LogP contribution in [0.1, 0.15) is 18.3 Å². The second-order valence-corrected chi connectivity index (χ2v) is 5.16. The van der Waals surface area contributed by atoms with Crippen LogP contribution < -0.4 is 10.6 Å². The van der Waals surface area contributed by atoms with Gasteiger partial charge in [0.15, 0.2) is 0 Å². The van der Waals surface area contributed by atoms with Crippen molar-refractivity contribution in [2.45, 2.75) is 26.3 Å². The van der Waals surface area contributed by atoms with Crippen LogP contribution in [0, 0.1) is 0 Å². The molecule has 0 saturated carbocycles. The molecule has 0 aliphatic heterocycles. The van der Waals surface area contributed by atoms with Gasteiger partial charge in [-0.1, -0.05) is 24.8 Å². The number of amides is 2. The largest absolute Gasteiger partial charge is 0.355 e. The number of hydrogen-bond donors (Lipinski definition) is 2. The quantitative estimate of drug-likeness (QED) is 0.716. The summed E-state index contributed by atoms with van der Waals surface area (Å²) in [6.45, 7) is 6.72. The summed E-state index contributed by atoms with van der Waals surface area (Å²) in [5.74, 6) is 0.427. The molecule has 2 N–H and O–H groups in total. The second kappa shape index (κ2) is 8.61. The number of nitrogens with zero attached hydrogens (tertiary/aromatic N) is 3. The van der Waals surface area contributed by atoms with Crippen molar-refractivity contribution in [3.63, 3.8) is 0 Å². The Morgan fingerprint density at radius 1 is 1.33 bits per heavy atom. The molecule has 0 spiro atoms. The van der Waals surface area contributed by atoms with Gasteiger partial charge in [-0.3, -0.25) is 9.59 Å². The lowest BCUT2D eigenvalue weighted by atomic mass is 10.1. The molecule has 0 bridgehead atoms. The molecule has 2 rings (SSSR count). The minimum absolute atomic E-state index is 0.113. The monoisotopic (exact) mass is 327 g/mol. The Kier molecular flexibility index (Phi) is 6.24. The number of aromatic nitrogens is 3. The van der Waals surface area contributed by atoms with Crippen LogP contribution in [0.15, 0.2) is 43.2 Å². The fraction of sp³-hybridized carbons (Fsp3) is 0.294. The van der Waals surface area contributed by atoms with E-state index in [0.29, 0.717) is 18.7 Å². The summed E-state index contributed by atoms with van der Waals surface area (Å²) in [5.41, 5.74) is 1.37. The number of para-hydroxylation sites is 1. The van der Waals surface area contributed by atoms with Gasteiger partial charge in [0.25, 0.3) is 0 Å². The van der Waals surface area contributed by atoms with Gasteiger partial charge in [0.2, 0.25) is 11.8 Å². The molecule has 0 aliphatic rings. The first-order chi connectivity index (χ1) is 11.6. The Hall–Kier alpha value is -2.96. The molecule has 126 valence electrons. The molecule has 2 aromatic rings. The van der Waals surface area contributed by atoms with Gasteiger partial charge in [-0.25, -0.2) is 0 Å². The second-order valence-electron chi connectivity index (χ2n) is 5.16. The van der Waals surface area contributed by atoms with E-state index in [1.54, 1.807) is 18.5 Å². The maximum Gasteiger partial charge on any atom is 0.247 e. The predicted molar refractivity (Wildman–Crippen MR) is 91.4 cm³/mol. The Morgan fingerprint density at radius 2 is 2.12 bits per heavy atom. The SMILES string of the molecule is C=CC(=O)Nc1ccccc1CC(=O)NCCc1nncn1CC. The van der Waals surface area contributed by atoms with E-state index >= 15 is 0 Å². The van der Waals surface area contributed by atoms with Crippen molar-refractivity contribution in [1.29, 1.82) is 0 Å². The highest BCUT2D eigenvalue weighted by atomic mass is 16.2. The van der Waals surface area contributed by atoms with Gasteiger partial charge in [0.05, 0.1) is 6.42 Å². The maximum absolute atomic E-state index is 12.1. The van der Waals surface area contributed by atoms with Crippen LogP contribution in [0.5, 0.6) is 0 Å². The number of rotatable bonds is 8. The minimum atomic E-state index is -0.304. The highest BCUT2D eigenvalue weighted by molar-refractivity contribution is 5.99. The van der Waals surface area contributed by atoms with Crippen LogP contribution in [-0.4, -0.2) is 33.1 Å². The number of carbonyl (C=O) groups excluding carboxylic acids is 2. The zero-order valence-corrected chi connectivity index (χ0v) is 13.7. The van der Waals surface area contributed by atoms with Crippen LogP contribution >= 0.6 is 0 Å². The van der Waals surface area contributed by atoms with Gasteiger partial charge in [0.1, 0.15) is 12.2 Å². The first kappa shape index (κ1) is 17.4. The molecule has 1 heterocycles. The number of carbonyl (C=O) groups is 2. The zero-order valence-electron chi connectivity index (χ0n) is 13.7. The van der Waals surface area contributed by atoms with E-state index in [1.165, 1.54) is 6.08 Å². The summed E-state index contributed by atoms with van der Waals surface area (Å²) in [5, 5.41) is 13.4. The molecule has 0 radical (unpaired) electrons. The normalized spacial score (nSPS) is 10.2. The van der Waals surface area contributed by atoms with Gasteiger partial charge in [-0.2, -0.15) is 0 Å². The molecule has 0 atom stereocenters. The Labute approximate surface area is 140 Å². The maximum atomic E-state index is 12.1. The summed E-state index contributed by atoms with van der Waals surface area (Å²) in [7, 11) is 0. The highest BCUT2D eigenvalue weighted by Crippen LogP contribution is 2.15. The topological polar surface area (TPSA) is 88.9 Å². The third-order valence-corrected chi connectivity index (χ3v) is 3.52. The molecule has 1 aromatic heterocycles. The van der Waals surface area contributed by atoms with Crippen molar-refractivity contribution in [3.05, 3.63) is 54.6 Å². The van der Waals surface area contributed by atoms with Gasteiger partial charge in [0, 0.05) is 25.2 Å². The summed E-state index contributed by atoms with van der Waals surface area (Å²) in [6.07, 6.45) is 3.68. The van der Waals surface area contributed by atoms with Crippen LogP contribution in [0.4, 0.5) is 5.69 Å². The van der Waals surface area contributed by atoms with Gasteiger partial charge in [-0.05, 0) is 24.6 Å². The van der Waals surface area contributed by atoms with Crippen molar-refractivity contribution in [2.24, 2.45) is 0 Å². The number of hydrogen-bond acceptors (Lipinski definition) is 4. The molecule has 24 heavy (non-hydrogen) atoms. The fourth-order valence-electron chi connectivity index (χ4n) is 2.27. The number of anilines is 1. The molecule has 1 aromatic carbocycles. The molecular weight excluding hydrogens is 306 g/mol. The van der Waals surface area contributed by atoms with Crippen LogP contribution in [0.2, 0.25) is 0 Å². The number of aryl methyl sites for hydroxylation is 1. The van der Waals surface area contributed by atoms with Crippen molar-refractivity contribution >= 4 is 17.5 Å². The molecule has 0 fully saturated rings. The van der Waals surface area contributed by atoms with Crippen molar-refractivity contribution in [1.82, 2.24) is 20.1 Å². The number of benzene rings is 1. The van der Waals surface area contributed by atoms with E-state index in [0.717, 1.165) is 17.9 Å². The minimum Gasteiger partial charge on any atom is -0.355 e. The van der Waals surface area contributed by atoms with Crippen molar-refractivity contribution in [2.75, 3.05) is 11.9 Å².